The molecule has 3 nitrogen and oxygen atoms in total. The summed E-state index contributed by atoms with van der Waals surface area (Å²) in [6.07, 6.45) is 2.34. The number of rotatable bonds is 4. The number of hydrogen-bond donors (Lipinski definition) is 1. The molecule has 0 fully saturated rings. The Balaban J connectivity index is 2.11. The zero-order chi connectivity index (χ0) is 12.1. The van der Waals surface area contributed by atoms with Gasteiger partial charge in [0, 0.05) is 12.8 Å². The molecule has 0 unspecified atom stereocenters. The lowest BCUT2D eigenvalue weighted by Gasteiger charge is -2.06. The van der Waals surface area contributed by atoms with Crippen LogP contribution in [0.5, 0.6) is 11.6 Å². The normalized spacial score (nSPS) is 10.2. The first-order valence-electron chi connectivity index (χ1n) is 5.28. The molecule has 0 bridgehead atoms. The van der Waals surface area contributed by atoms with Crippen molar-refractivity contribution in [1.82, 2.24) is 4.98 Å². The summed E-state index contributed by atoms with van der Waals surface area (Å²) in [4.78, 5) is 4.12. The second-order valence-corrected chi connectivity index (χ2v) is 4.36. The molecule has 0 saturated heterocycles. The van der Waals surface area contributed by atoms with Gasteiger partial charge in [0.1, 0.15) is 5.75 Å². The Morgan fingerprint density at radius 3 is 2.59 bits per heavy atom. The molecule has 88 valence electrons. The van der Waals surface area contributed by atoms with Gasteiger partial charge in [0.15, 0.2) is 0 Å². The third-order valence-electron chi connectivity index (χ3n) is 2.26. The maximum Gasteiger partial charge on any atom is 0.233 e. The molecule has 0 aliphatic rings. The van der Waals surface area contributed by atoms with Gasteiger partial charge in [0.05, 0.1) is 4.47 Å². The number of aliphatic hydroxyl groups excluding tert-OH is 1. The highest BCUT2D eigenvalue weighted by Crippen LogP contribution is 2.26. The van der Waals surface area contributed by atoms with Crippen LogP contribution < -0.4 is 4.74 Å². The molecule has 0 radical (unpaired) electrons. The van der Waals surface area contributed by atoms with Crippen LogP contribution in [0.4, 0.5) is 0 Å². The number of hydrogen-bond acceptors (Lipinski definition) is 3. The van der Waals surface area contributed by atoms with E-state index in [0.717, 1.165) is 15.8 Å². The quantitative estimate of drug-likeness (QED) is 0.941. The van der Waals surface area contributed by atoms with Gasteiger partial charge >= 0.3 is 0 Å². The lowest BCUT2D eigenvalue weighted by molar-refractivity contribution is 0.299. The predicted molar refractivity (Wildman–Crippen MR) is 69.2 cm³/mol. The molecular formula is C13H12BrNO2. The molecule has 2 rings (SSSR count). The van der Waals surface area contributed by atoms with Gasteiger partial charge in [0.2, 0.25) is 5.88 Å². The van der Waals surface area contributed by atoms with Gasteiger partial charge in [-0.3, -0.25) is 0 Å². The zero-order valence-electron chi connectivity index (χ0n) is 9.14. The maximum atomic E-state index is 8.81. The second kappa shape index (κ2) is 5.80. The highest BCUT2D eigenvalue weighted by molar-refractivity contribution is 9.10. The predicted octanol–water partition coefficient (Wildman–Crippen LogP) is 3.17. The van der Waals surface area contributed by atoms with Gasteiger partial charge in [-0.15, -0.1) is 0 Å². The first-order valence-corrected chi connectivity index (χ1v) is 6.07. The summed E-state index contributed by atoms with van der Waals surface area (Å²) in [5.41, 5.74) is 1.08. The van der Waals surface area contributed by atoms with E-state index in [2.05, 4.69) is 20.9 Å². The summed E-state index contributed by atoms with van der Waals surface area (Å²) >= 11 is 3.37. The molecule has 17 heavy (non-hydrogen) atoms. The van der Waals surface area contributed by atoms with E-state index in [1.165, 1.54) is 0 Å². The number of benzene rings is 1. The summed E-state index contributed by atoms with van der Waals surface area (Å²) in [6.45, 7) is 0.159. The van der Waals surface area contributed by atoms with Gasteiger partial charge in [-0.25, -0.2) is 4.98 Å². The van der Waals surface area contributed by atoms with E-state index in [1.807, 2.05) is 36.4 Å². The van der Waals surface area contributed by atoms with Crippen molar-refractivity contribution in [2.45, 2.75) is 6.42 Å². The van der Waals surface area contributed by atoms with Crippen LogP contribution in [0.15, 0.2) is 47.1 Å². The molecule has 0 spiro atoms. The van der Waals surface area contributed by atoms with E-state index < -0.39 is 0 Å². The number of pyridine rings is 1. The van der Waals surface area contributed by atoms with Crippen LogP contribution in [-0.2, 0) is 6.42 Å². The third-order valence-corrected chi connectivity index (χ3v) is 2.87. The van der Waals surface area contributed by atoms with Crippen molar-refractivity contribution in [2.75, 3.05) is 6.61 Å². The standard InChI is InChI=1S/C13H12BrNO2/c14-12-2-1-8-15-13(12)17-11-5-3-10(4-6-11)7-9-16/h1-6,8,16H,7,9H2. The fourth-order valence-electron chi connectivity index (χ4n) is 1.41. The Kier molecular flexibility index (Phi) is 4.12. The lowest BCUT2D eigenvalue weighted by atomic mass is 10.1. The van der Waals surface area contributed by atoms with E-state index in [-0.39, 0.29) is 6.61 Å². The maximum absolute atomic E-state index is 8.81. The number of nitrogens with zero attached hydrogens (tertiary/aromatic N) is 1. The minimum absolute atomic E-state index is 0.159. The van der Waals surface area contributed by atoms with Crippen molar-refractivity contribution >= 4 is 15.9 Å². The molecule has 0 aliphatic carbocycles. The molecule has 4 heteroatoms. The van der Waals surface area contributed by atoms with Crippen LogP contribution in [0.2, 0.25) is 0 Å². The number of halogens is 1. The van der Waals surface area contributed by atoms with Gasteiger partial charge < -0.3 is 9.84 Å². The fourth-order valence-corrected chi connectivity index (χ4v) is 1.75. The average molecular weight is 294 g/mol. The van der Waals surface area contributed by atoms with E-state index in [9.17, 15) is 0 Å². The van der Waals surface area contributed by atoms with Crippen molar-refractivity contribution in [3.8, 4) is 11.6 Å². The smallest absolute Gasteiger partial charge is 0.233 e. The molecular weight excluding hydrogens is 282 g/mol. The minimum Gasteiger partial charge on any atom is -0.438 e. The van der Waals surface area contributed by atoms with Gasteiger partial charge in [-0.1, -0.05) is 12.1 Å². The molecule has 0 amide bonds. The molecule has 1 N–H and O–H groups in total. The summed E-state index contributed by atoms with van der Waals surface area (Å²) in [5.74, 6) is 1.27. The Hall–Kier alpha value is -1.39. The summed E-state index contributed by atoms with van der Waals surface area (Å²) < 4.78 is 6.44. The van der Waals surface area contributed by atoms with Crippen molar-refractivity contribution in [3.05, 3.63) is 52.6 Å². The number of ether oxygens (including phenoxy) is 1. The summed E-state index contributed by atoms with van der Waals surface area (Å²) in [6, 6.07) is 11.3. The molecule has 1 aromatic heterocycles. The highest BCUT2D eigenvalue weighted by atomic mass is 79.9. The number of aromatic nitrogens is 1. The summed E-state index contributed by atoms with van der Waals surface area (Å²) in [5, 5.41) is 8.81. The SMILES string of the molecule is OCCc1ccc(Oc2ncccc2Br)cc1. The first-order chi connectivity index (χ1) is 8.29. The monoisotopic (exact) mass is 293 g/mol. The van der Waals surface area contributed by atoms with E-state index >= 15 is 0 Å². The van der Waals surface area contributed by atoms with E-state index in [1.54, 1.807) is 6.20 Å². The van der Waals surface area contributed by atoms with Crippen LogP contribution in [-0.4, -0.2) is 16.7 Å². The third kappa shape index (κ3) is 3.28. The molecule has 0 saturated carbocycles. The van der Waals surface area contributed by atoms with Crippen molar-refractivity contribution in [2.24, 2.45) is 0 Å². The fraction of sp³-hybridized carbons (Fsp3) is 0.154. The molecule has 1 heterocycles. The van der Waals surface area contributed by atoms with Crippen molar-refractivity contribution < 1.29 is 9.84 Å². The van der Waals surface area contributed by atoms with Crippen LogP contribution >= 0.6 is 15.9 Å². The number of aliphatic hydroxyl groups is 1. The van der Waals surface area contributed by atoms with Crippen molar-refractivity contribution in [1.29, 1.82) is 0 Å². The average Bonchev–Trinajstić information content (AvgIpc) is 2.35. The Labute approximate surface area is 108 Å². The Bertz CT molecular complexity index is 485. The lowest BCUT2D eigenvalue weighted by Crippen LogP contribution is -1.91. The highest BCUT2D eigenvalue weighted by Gasteiger charge is 2.02. The largest absolute Gasteiger partial charge is 0.438 e. The van der Waals surface area contributed by atoms with Crippen LogP contribution in [0, 0.1) is 0 Å². The zero-order valence-corrected chi connectivity index (χ0v) is 10.7. The van der Waals surface area contributed by atoms with Gasteiger partial charge in [-0.05, 0) is 52.2 Å². The Morgan fingerprint density at radius 1 is 1.18 bits per heavy atom. The van der Waals surface area contributed by atoms with Crippen LogP contribution in [0.1, 0.15) is 5.56 Å². The first kappa shape index (κ1) is 12.1. The molecule has 0 aliphatic heterocycles. The second-order valence-electron chi connectivity index (χ2n) is 3.51. The van der Waals surface area contributed by atoms with Crippen LogP contribution in [0.25, 0.3) is 0 Å². The Morgan fingerprint density at radius 2 is 1.94 bits per heavy atom. The minimum atomic E-state index is 0.159. The van der Waals surface area contributed by atoms with E-state index in [0.29, 0.717) is 12.3 Å². The van der Waals surface area contributed by atoms with E-state index in [4.69, 9.17) is 9.84 Å². The van der Waals surface area contributed by atoms with Gasteiger partial charge in [-0.2, -0.15) is 0 Å². The van der Waals surface area contributed by atoms with Crippen molar-refractivity contribution in [3.63, 3.8) is 0 Å². The molecule has 1 aromatic carbocycles. The molecule has 2 aromatic rings. The topological polar surface area (TPSA) is 42.4 Å². The van der Waals surface area contributed by atoms with Crippen LogP contribution in [0.3, 0.4) is 0 Å². The summed E-state index contributed by atoms with van der Waals surface area (Å²) in [7, 11) is 0. The molecule has 0 atom stereocenters. The van der Waals surface area contributed by atoms with Gasteiger partial charge in [0.25, 0.3) is 0 Å².